The molecule has 3 rings (SSSR count). The van der Waals surface area contributed by atoms with Crippen molar-refractivity contribution in [1.82, 2.24) is 5.16 Å². The van der Waals surface area contributed by atoms with Gasteiger partial charge in [-0.3, -0.25) is 10.1 Å². The van der Waals surface area contributed by atoms with E-state index in [0.717, 1.165) is 18.4 Å². The van der Waals surface area contributed by atoms with E-state index in [4.69, 9.17) is 4.52 Å². The Hall–Kier alpha value is -2.41. The summed E-state index contributed by atoms with van der Waals surface area (Å²) in [7, 11) is 0. The highest BCUT2D eigenvalue weighted by Gasteiger charge is 2.26. The fraction of sp³-hybridized carbons (Fsp3) is 0.438. The molecule has 2 aromatic rings. The van der Waals surface area contributed by atoms with Crippen LogP contribution in [0.2, 0.25) is 0 Å². The summed E-state index contributed by atoms with van der Waals surface area (Å²) < 4.78 is 5.14. The van der Waals surface area contributed by atoms with Gasteiger partial charge in [0.05, 0.1) is 16.7 Å². The van der Waals surface area contributed by atoms with Crippen molar-refractivity contribution in [2.75, 3.05) is 5.32 Å². The summed E-state index contributed by atoms with van der Waals surface area (Å²) in [4.78, 5) is 11.0. The smallest absolute Gasteiger partial charge is 0.292 e. The number of aryl methyl sites for hydroxylation is 2. The molecular formula is C16H19N3O4. The van der Waals surface area contributed by atoms with Crippen molar-refractivity contribution in [3.05, 3.63) is 39.8 Å². The van der Waals surface area contributed by atoms with Gasteiger partial charge in [0, 0.05) is 17.7 Å². The van der Waals surface area contributed by atoms with E-state index in [0.29, 0.717) is 29.1 Å². The van der Waals surface area contributed by atoms with Crippen LogP contribution in [-0.4, -0.2) is 27.3 Å². The highest BCUT2D eigenvalue weighted by Crippen LogP contribution is 2.35. The summed E-state index contributed by atoms with van der Waals surface area (Å²) in [5.74, 6) is 0.636. The number of rotatable bonds is 4. The maximum atomic E-state index is 11.4. The third kappa shape index (κ3) is 3.05. The van der Waals surface area contributed by atoms with Gasteiger partial charge in [-0.05, 0) is 44.7 Å². The van der Waals surface area contributed by atoms with Crippen molar-refractivity contribution in [2.45, 2.75) is 45.3 Å². The molecule has 1 aliphatic rings. The van der Waals surface area contributed by atoms with Gasteiger partial charge in [-0.1, -0.05) is 11.2 Å². The van der Waals surface area contributed by atoms with Crippen LogP contribution in [0.4, 0.5) is 11.4 Å². The van der Waals surface area contributed by atoms with E-state index in [1.807, 2.05) is 13.0 Å². The second-order valence-corrected chi connectivity index (χ2v) is 6.00. The van der Waals surface area contributed by atoms with Gasteiger partial charge in [-0.25, -0.2) is 0 Å². The van der Waals surface area contributed by atoms with Crippen LogP contribution in [0.3, 0.4) is 0 Å². The minimum atomic E-state index is -0.393. The van der Waals surface area contributed by atoms with Crippen LogP contribution < -0.4 is 5.32 Å². The maximum Gasteiger partial charge on any atom is 0.292 e. The Labute approximate surface area is 133 Å². The van der Waals surface area contributed by atoms with Crippen LogP contribution in [0.5, 0.6) is 0 Å². The van der Waals surface area contributed by atoms with Crippen molar-refractivity contribution < 1.29 is 14.6 Å². The zero-order valence-electron chi connectivity index (χ0n) is 13.1. The average molecular weight is 317 g/mol. The molecule has 1 aliphatic carbocycles. The van der Waals surface area contributed by atoms with Crippen LogP contribution in [0.25, 0.3) is 11.1 Å². The molecule has 1 heterocycles. The lowest BCUT2D eigenvalue weighted by molar-refractivity contribution is -0.383. The molecule has 2 N–H and O–H groups in total. The first-order valence-electron chi connectivity index (χ1n) is 7.62. The monoisotopic (exact) mass is 317 g/mol. The summed E-state index contributed by atoms with van der Waals surface area (Å²) >= 11 is 0. The normalized spacial score (nSPS) is 20.7. The first-order chi connectivity index (χ1) is 11.0. The number of nitrogens with one attached hydrogen (secondary N) is 1. The van der Waals surface area contributed by atoms with Gasteiger partial charge in [-0.2, -0.15) is 0 Å². The zero-order chi connectivity index (χ0) is 16.6. The minimum Gasteiger partial charge on any atom is -0.393 e. The first kappa shape index (κ1) is 15.5. The lowest BCUT2D eigenvalue weighted by Crippen LogP contribution is -2.17. The maximum absolute atomic E-state index is 11.4. The predicted molar refractivity (Wildman–Crippen MR) is 85.3 cm³/mol. The highest BCUT2D eigenvalue weighted by molar-refractivity contribution is 5.75. The van der Waals surface area contributed by atoms with E-state index < -0.39 is 4.92 Å². The molecule has 0 radical (unpaired) electrons. The highest BCUT2D eigenvalue weighted by atomic mass is 16.6. The van der Waals surface area contributed by atoms with Crippen molar-refractivity contribution in [3.8, 4) is 11.1 Å². The molecule has 23 heavy (non-hydrogen) atoms. The molecule has 2 atom stereocenters. The van der Waals surface area contributed by atoms with Gasteiger partial charge in [0.2, 0.25) is 0 Å². The summed E-state index contributed by atoms with van der Waals surface area (Å²) in [5, 5.41) is 28.1. The van der Waals surface area contributed by atoms with Crippen LogP contribution >= 0.6 is 0 Å². The second kappa shape index (κ2) is 6.00. The Morgan fingerprint density at radius 3 is 2.74 bits per heavy atom. The summed E-state index contributed by atoms with van der Waals surface area (Å²) in [6.07, 6.45) is 1.82. The lowest BCUT2D eigenvalue weighted by atomic mass is 10.0. The standard InChI is InChI=1S/C16H19N3O4/c1-9-16(10(2)23-18-9)11-3-6-14(15(7-11)19(21)22)17-12-4-5-13(20)8-12/h3,6-7,12-13,17,20H,4-5,8H2,1-2H3/t12-,13-/m1/s1. The number of anilines is 1. The molecule has 1 fully saturated rings. The molecule has 7 nitrogen and oxygen atoms in total. The van der Waals surface area contributed by atoms with Gasteiger partial charge in [0.25, 0.3) is 5.69 Å². The van der Waals surface area contributed by atoms with E-state index in [1.165, 1.54) is 0 Å². The van der Waals surface area contributed by atoms with E-state index in [9.17, 15) is 15.2 Å². The van der Waals surface area contributed by atoms with Gasteiger partial charge in [0.1, 0.15) is 11.4 Å². The van der Waals surface area contributed by atoms with Crippen molar-refractivity contribution in [3.63, 3.8) is 0 Å². The fourth-order valence-corrected chi connectivity index (χ4v) is 3.16. The SMILES string of the molecule is Cc1noc(C)c1-c1ccc(N[C@@H]2CC[C@@H](O)C2)c([N+](=O)[O-])c1. The van der Waals surface area contributed by atoms with Crippen LogP contribution in [-0.2, 0) is 0 Å². The second-order valence-electron chi connectivity index (χ2n) is 6.00. The Bertz CT molecular complexity index is 721. The number of nitro groups is 1. The number of aliphatic hydroxyl groups excluding tert-OH is 1. The quantitative estimate of drug-likeness (QED) is 0.663. The van der Waals surface area contributed by atoms with E-state index in [1.54, 1.807) is 19.1 Å². The Balaban J connectivity index is 1.94. The summed E-state index contributed by atoms with van der Waals surface area (Å²) in [5.41, 5.74) is 2.70. The largest absolute Gasteiger partial charge is 0.393 e. The predicted octanol–water partition coefficient (Wildman–Crippen LogP) is 3.19. The van der Waals surface area contributed by atoms with Gasteiger partial charge >= 0.3 is 0 Å². The fourth-order valence-electron chi connectivity index (χ4n) is 3.16. The van der Waals surface area contributed by atoms with Gasteiger partial charge < -0.3 is 14.9 Å². The molecule has 0 unspecified atom stereocenters. The molecule has 1 aromatic carbocycles. The third-order valence-electron chi connectivity index (χ3n) is 4.28. The number of nitro benzene ring substituents is 1. The molecule has 1 aromatic heterocycles. The molecular weight excluding hydrogens is 298 g/mol. The average Bonchev–Trinajstić information content (AvgIpc) is 3.05. The molecule has 0 bridgehead atoms. The topological polar surface area (TPSA) is 101 Å². The van der Waals surface area contributed by atoms with Crippen molar-refractivity contribution >= 4 is 11.4 Å². The van der Waals surface area contributed by atoms with Crippen molar-refractivity contribution in [1.29, 1.82) is 0 Å². The molecule has 0 saturated heterocycles. The molecule has 0 aliphatic heterocycles. The molecule has 0 spiro atoms. The third-order valence-corrected chi connectivity index (χ3v) is 4.28. The number of benzene rings is 1. The minimum absolute atomic E-state index is 0.0175. The zero-order valence-corrected chi connectivity index (χ0v) is 13.1. The Morgan fingerprint density at radius 1 is 1.39 bits per heavy atom. The first-order valence-corrected chi connectivity index (χ1v) is 7.62. The van der Waals surface area contributed by atoms with Gasteiger partial charge in [0.15, 0.2) is 0 Å². The number of hydrogen-bond acceptors (Lipinski definition) is 6. The van der Waals surface area contributed by atoms with Crippen molar-refractivity contribution in [2.24, 2.45) is 0 Å². The van der Waals surface area contributed by atoms with Crippen LogP contribution in [0.15, 0.2) is 22.7 Å². The number of hydrogen-bond donors (Lipinski definition) is 2. The Kier molecular flexibility index (Phi) is 4.04. The number of aliphatic hydroxyl groups is 1. The molecule has 7 heteroatoms. The summed E-state index contributed by atoms with van der Waals surface area (Å²) in [6, 6.07) is 5.14. The van der Waals surface area contributed by atoms with Gasteiger partial charge in [-0.15, -0.1) is 0 Å². The number of nitrogens with zero attached hydrogens (tertiary/aromatic N) is 2. The molecule has 1 saturated carbocycles. The van der Waals surface area contributed by atoms with Crippen LogP contribution in [0.1, 0.15) is 30.7 Å². The lowest BCUT2D eigenvalue weighted by Gasteiger charge is -2.14. The van der Waals surface area contributed by atoms with Crippen LogP contribution in [0, 0.1) is 24.0 Å². The molecule has 0 amide bonds. The molecule has 122 valence electrons. The summed E-state index contributed by atoms with van der Waals surface area (Å²) in [6.45, 7) is 3.59. The van der Waals surface area contributed by atoms with E-state index >= 15 is 0 Å². The van der Waals surface area contributed by atoms with E-state index in [2.05, 4.69) is 10.5 Å². The number of aromatic nitrogens is 1. The Morgan fingerprint density at radius 2 is 2.17 bits per heavy atom. The van der Waals surface area contributed by atoms with E-state index in [-0.39, 0.29) is 17.8 Å².